The van der Waals surface area contributed by atoms with E-state index in [4.69, 9.17) is 0 Å². The van der Waals surface area contributed by atoms with Gasteiger partial charge in [0.25, 0.3) is 0 Å². The van der Waals surface area contributed by atoms with Gasteiger partial charge < -0.3 is 10.9 Å². The summed E-state index contributed by atoms with van der Waals surface area (Å²) in [6.07, 6.45) is 0. The molecular weight excluding hydrogens is 150 g/mol. The predicted molar refractivity (Wildman–Crippen MR) is 55.0 cm³/mol. The molecule has 3 heteroatoms. The van der Waals surface area contributed by atoms with Gasteiger partial charge in [-0.05, 0) is 24.6 Å². The lowest BCUT2D eigenvalue weighted by Crippen LogP contribution is -2.19. The van der Waals surface area contributed by atoms with E-state index in [1.807, 2.05) is 19.9 Å². The van der Waals surface area contributed by atoms with Crippen LogP contribution >= 0.6 is 0 Å². The molecule has 3 nitrogen and oxygen atoms in total. The van der Waals surface area contributed by atoms with Crippen LogP contribution in [0.25, 0.3) is 0 Å². The number of hydrogen-bond acceptors (Lipinski definition) is 3. The van der Waals surface area contributed by atoms with Crippen LogP contribution in [0.5, 0.6) is 0 Å². The Morgan fingerprint density at radius 3 is 2.50 bits per heavy atom. The molecule has 0 amide bonds. The van der Waals surface area contributed by atoms with Crippen molar-refractivity contribution in [1.29, 1.82) is 0 Å². The van der Waals surface area contributed by atoms with Crippen molar-refractivity contribution in [2.24, 2.45) is 0 Å². The van der Waals surface area contributed by atoms with Crippen LogP contribution in [0, 0.1) is 6.92 Å². The van der Waals surface area contributed by atoms with Crippen molar-refractivity contribution in [3.8, 4) is 0 Å². The fourth-order valence-corrected chi connectivity index (χ4v) is 1.04. The first-order valence-corrected chi connectivity index (χ1v) is 4.24. The van der Waals surface area contributed by atoms with Crippen LogP contribution in [0.1, 0.15) is 20.8 Å². The molecule has 0 spiro atoms. The SMILES string of the molecule is CC.Cc1ccc2c(c1)NNN2.[HH]. The minimum atomic E-state index is 0. The topological polar surface area (TPSA) is 36.1 Å². The quantitative estimate of drug-likeness (QED) is 0.555. The maximum atomic E-state index is 2.98. The Hall–Kier alpha value is -1.22. The summed E-state index contributed by atoms with van der Waals surface area (Å²) >= 11 is 0. The zero-order chi connectivity index (χ0) is 8.97. The average Bonchev–Trinajstić information content (AvgIpc) is 2.54. The number of aryl methyl sites for hydroxylation is 1. The first-order valence-electron chi connectivity index (χ1n) is 4.24. The van der Waals surface area contributed by atoms with E-state index in [9.17, 15) is 0 Å². The monoisotopic (exact) mass is 167 g/mol. The van der Waals surface area contributed by atoms with Crippen molar-refractivity contribution >= 4 is 11.4 Å². The highest BCUT2D eigenvalue weighted by atomic mass is 15.6. The van der Waals surface area contributed by atoms with Gasteiger partial charge >= 0.3 is 0 Å². The molecule has 68 valence electrons. The van der Waals surface area contributed by atoms with E-state index >= 15 is 0 Å². The standard InChI is InChI=1S/C7H9N3.C2H6.H2/c1-5-2-3-6-7(4-5)9-10-8-6;1-2;/h2-4,8-10H,1H3;1-2H3;1H. The molecule has 1 aliphatic rings. The minimum Gasteiger partial charge on any atom is -0.302 e. The molecule has 1 aliphatic heterocycles. The Labute approximate surface area is 74.6 Å². The summed E-state index contributed by atoms with van der Waals surface area (Å²) in [5, 5.41) is 0. The summed E-state index contributed by atoms with van der Waals surface area (Å²) in [6, 6.07) is 6.19. The Bertz CT molecular complexity index is 263. The Kier molecular flexibility index (Phi) is 2.94. The third kappa shape index (κ3) is 1.68. The van der Waals surface area contributed by atoms with E-state index < -0.39 is 0 Å². The molecule has 0 aromatic heterocycles. The third-order valence-electron chi connectivity index (χ3n) is 1.57. The molecule has 0 saturated heterocycles. The van der Waals surface area contributed by atoms with Crippen molar-refractivity contribution < 1.29 is 1.43 Å². The molecule has 2 rings (SSSR count). The van der Waals surface area contributed by atoms with Gasteiger partial charge in [0.15, 0.2) is 0 Å². The summed E-state index contributed by atoms with van der Waals surface area (Å²) in [6.45, 7) is 6.07. The highest BCUT2D eigenvalue weighted by Gasteiger charge is 2.06. The van der Waals surface area contributed by atoms with E-state index in [1.54, 1.807) is 0 Å². The van der Waals surface area contributed by atoms with Gasteiger partial charge in [-0.15, -0.1) is 5.53 Å². The maximum Gasteiger partial charge on any atom is 0.0753 e. The summed E-state index contributed by atoms with van der Waals surface area (Å²) in [5.41, 5.74) is 12.2. The summed E-state index contributed by atoms with van der Waals surface area (Å²) in [4.78, 5) is 0. The predicted octanol–water partition coefficient (Wildman–Crippen LogP) is 2.52. The molecular formula is C9H17N3. The fraction of sp³-hybridized carbons (Fsp3) is 0.333. The highest BCUT2D eigenvalue weighted by Crippen LogP contribution is 2.24. The van der Waals surface area contributed by atoms with E-state index in [0.717, 1.165) is 11.4 Å². The molecule has 0 saturated carbocycles. The van der Waals surface area contributed by atoms with Gasteiger partial charge in [0.05, 0.1) is 11.4 Å². The lowest BCUT2D eigenvalue weighted by Gasteiger charge is -1.96. The molecule has 3 N–H and O–H groups in total. The molecule has 1 aromatic rings. The molecule has 0 aliphatic carbocycles. The van der Waals surface area contributed by atoms with Gasteiger partial charge in [0.1, 0.15) is 0 Å². The minimum absolute atomic E-state index is 0. The van der Waals surface area contributed by atoms with Crippen LogP contribution in [0.3, 0.4) is 0 Å². The van der Waals surface area contributed by atoms with Gasteiger partial charge in [0.2, 0.25) is 0 Å². The Balaban J connectivity index is 0.000000451. The third-order valence-corrected chi connectivity index (χ3v) is 1.57. The number of rotatable bonds is 0. The van der Waals surface area contributed by atoms with E-state index in [0.29, 0.717) is 0 Å². The second-order valence-corrected chi connectivity index (χ2v) is 2.42. The number of anilines is 2. The lowest BCUT2D eigenvalue weighted by atomic mass is 10.2. The van der Waals surface area contributed by atoms with Crippen molar-refractivity contribution in [2.75, 3.05) is 10.9 Å². The second kappa shape index (κ2) is 3.97. The summed E-state index contributed by atoms with van der Waals surface area (Å²) in [7, 11) is 0. The molecule has 1 heterocycles. The molecule has 1 aromatic carbocycles. The van der Waals surface area contributed by atoms with E-state index in [2.05, 4.69) is 35.4 Å². The number of hydrogen-bond donors (Lipinski definition) is 3. The van der Waals surface area contributed by atoms with Crippen LogP contribution < -0.4 is 16.4 Å². The first kappa shape index (κ1) is 8.87. The van der Waals surface area contributed by atoms with Gasteiger partial charge in [-0.3, -0.25) is 0 Å². The smallest absolute Gasteiger partial charge is 0.0753 e. The molecule has 0 radical (unpaired) electrons. The lowest BCUT2D eigenvalue weighted by molar-refractivity contribution is 1.01. The zero-order valence-electron chi connectivity index (χ0n) is 7.73. The molecule has 12 heavy (non-hydrogen) atoms. The molecule has 0 fully saturated rings. The van der Waals surface area contributed by atoms with Crippen molar-refractivity contribution in [3.63, 3.8) is 0 Å². The van der Waals surface area contributed by atoms with Crippen LogP contribution in [0.2, 0.25) is 0 Å². The number of fused-ring (bicyclic) bond motifs is 1. The average molecular weight is 167 g/mol. The Morgan fingerprint density at radius 2 is 1.75 bits per heavy atom. The summed E-state index contributed by atoms with van der Waals surface area (Å²) in [5.74, 6) is 0. The van der Waals surface area contributed by atoms with Gasteiger partial charge in [-0.25, -0.2) is 0 Å². The van der Waals surface area contributed by atoms with Crippen molar-refractivity contribution in [1.82, 2.24) is 5.53 Å². The highest BCUT2D eigenvalue weighted by molar-refractivity contribution is 5.72. The Morgan fingerprint density at radius 1 is 1.08 bits per heavy atom. The second-order valence-electron chi connectivity index (χ2n) is 2.42. The van der Waals surface area contributed by atoms with Crippen LogP contribution in [-0.2, 0) is 0 Å². The molecule has 0 bridgehead atoms. The van der Waals surface area contributed by atoms with Crippen LogP contribution in [0.15, 0.2) is 18.2 Å². The van der Waals surface area contributed by atoms with Crippen molar-refractivity contribution in [3.05, 3.63) is 23.8 Å². The fourth-order valence-electron chi connectivity index (χ4n) is 1.04. The number of nitrogens with one attached hydrogen (secondary N) is 3. The summed E-state index contributed by atoms with van der Waals surface area (Å²) < 4.78 is 0. The zero-order valence-corrected chi connectivity index (χ0v) is 7.73. The maximum absolute atomic E-state index is 2.98. The number of benzene rings is 1. The van der Waals surface area contributed by atoms with E-state index in [1.165, 1.54) is 5.56 Å². The van der Waals surface area contributed by atoms with E-state index in [-0.39, 0.29) is 1.43 Å². The van der Waals surface area contributed by atoms with Gasteiger partial charge in [-0.2, -0.15) is 0 Å². The first-order chi connectivity index (χ1) is 5.86. The van der Waals surface area contributed by atoms with Crippen LogP contribution in [-0.4, -0.2) is 0 Å². The molecule has 0 unspecified atom stereocenters. The largest absolute Gasteiger partial charge is 0.302 e. The normalized spacial score (nSPS) is 11.9. The van der Waals surface area contributed by atoms with Gasteiger partial charge in [-0.1, -0.05) is 19.9 Å². The molecule has 0 atom stereocenters. The van der Waals surface area contributed by atoms with Gasteiger partial charge in [0, 0.05) is 1.43 Å². The number of hydrazine groups is 2. The van der Waals surface area contributed by atoms with Crippen molar-refractivity contribution in [2.45, 2.75) is 20.8 Å². The van der Waals surface area contributed by atoms with Crippen LogP contribution in [0.4, 0.5) is 11.4 Å².